The lowest BCUT2D eigenvalue weighted by atomic mass is 9.53. The number of rotatable bonds is 1. The molecule has 9 heavy (non-hydrogen) atoms. The van der Waals surface area contributed by atoms with Gasteiger partial charge in [0.25, 0.3) is 0 Å². The number of halogens is 1. The van der Waals surface area contributed by atoms with Crippen LogP contribution in [0.1, 0.15) is 33.6 Å². The van der Waals surface area contributed by atoms with E-state index in [2.05, 4.69) is 20.8 Å². The average Bonchev–Trinajstić information content (AvgIpc) is 1.84. The maximum atomic E-state index is 5.83. The second-order valence-corrected chi connectivity index (χ2v) is 4.35. The third kappa shape index (κ3) is 0.881. The van der Waals surface area contributed by atoms with Crippen LogP contribution in [0.5, 0.6) is 0 Å². The molecule has 0 aromatic rings. The molecule has 1 atom stereocenters. The summed E-state index contributed by atoms with van der Waals surface area (Å²) in [5.41, 5.74) is 0.920. The zero-order chi connectivity index (χ0) is 7.12. The molecular formula is C8H15Cl. The van der Waals surface area contributed by atoms with E-state index in [9.17, 15) is 0 Å². The molecule has 1 heteroatoms. The quantitative estimate of drug-likeness (QED) is 0.499. The van der Waals surface area contributed by atoms with Crippen molar-refractivity contribution in [2.75, 3.05) is 5.88 Å². The van der Waals surface area contributed by atoms with Gasteiger partial charge < -0.3 is 0 Å². The van der Waals surface area contributed by atoms with E-state index in [1.807, 2.05) is 0 Å². The summed E-state index contributed by atoms with van der Waals surface area (Å²) >= 11 is 5.83. The van der Waals surface area contributed by atoms with Crippen LogP contribution >= 0.6 is 11.6 Å². The zero-order valence-corrected chi connectivity index (χ0v) is 7.26. The second kappa shape index (κ2) is 1.88. The standard InChI is InChI=1S/C8H15Cl/c1-7(2)4-5-8(7,3)6-9/h4-6H2,1-3H3. The summed E-state index contributed by atoms with van der Waals surface area (Å²) in [6, 6.07) is 0. The minimum absolute atomic E-state index is 0.425. The van der Waals surface area contributed by atoms with Crippen LogP contribution in [-0.4, -0.2) is 5.88 Å². The third-order valence-corrected chi connectivity index (χ3v) is 3.82. The van der Waals surface area contributed by atoms with Crippen LogP contribution in [0, 0.1) is 10.8 Å². The average molecular weight is 147 g/mol. The van der Waals surface area contributed by atoms with E-state index in [0.29, 0.717) is 10.8 Å². The Morgan fingerprint density at radius 1 is 1.22 bits per heavy atom. The van der Waals surface area contributed by atoms with Crippen molar-refractivity contribution in [2.45, 2.75) is 33.6 Å². The van der Waals surface area contributed by atoms with E-state index >= 15 is 0 Å². The lowest BCUT2D eigenvalue weighted by molar-refractivity contribution is -0.0129. The Hall–Kier alpha value is 0.290. The Morgan fingerprint density at radius 3 is 1.78 bits per heavy atom. The summed E-state index contributed by atoms with van der Waals surface area (Å²) in [4.78, 5) is 0. The van der Waals surface area contributed by atoms with Gasteiger partial charge in [-0.1, -0.05) is 20.8 Å². The van der Waals surface area contributed by atoms with Crippen LogP contribution in [0.2, 0.25) is 0 Å². The fourth-order valence-electron chi connectivity index (χ4n) is 1.30. The minimum Gasteiger partial charge on any atom is -0.126 e. The third-order valence-electron chi connectivity index (χ3n) is 3.23. The molecule has 0 saturated heterocycles. The van der Waals surface area contributed by atoms with Crippen LogP contribution in [0.25, 0.3) is 0 Å². The Bertz CT molecular complexity index is 114. The van der Waals surface area contributed by atoms with Gasteiger partial charge in [-0.2, -0.15) is 0 Å². The van der Waals surface area contributed by atoms with Gasteiger partial charge in [0, 0.05) is 5.88 Å². The van der Waals surface area contributed by atoms with Gasteiger partial charge in [0.05, 0.1) is 0 Å². The zero-order valence-electron chi connectivity index (χ0n) is 6.50. The minimum atomic E-state index is 0.425. The molecule has 0 aliphatic heterocycles. The predicted molar refractivity (Wildman–Crippen MR) is 41.8 cm³/mol. The highest BCUT2D eigenvalue weighted by Gasteiger charge is 2.48. The van der Waals surface area contributed by atoms with Gasteiger partial charge in [0.15, 0.2) is 0 Å². The van der Waals surface area contributed by atoms with Crippen molar-refractivity contribution in [2.24, 2.45) is 10.8 Å². The van der Waals surface area contributed by atoms with E-state index in [0.717, 1.165) is 5.88 Å². The van der Waals surface area contributed by atoms with Gasteiger partial charge in [-0.3, -0.25) is 0 Å². The maximum Gasteiger partial charge on any atom is 0.0282 e. The molecule has 0 bridgehead atoms. The van der Waals surface area contributed by atoms with Gasteiger partial charge in [0.1, 0.15) is 0 Å². The smallest absolute Gasteiger partial charge is 0.0282 e. The Balaban J connectivity index is 2.62. The molecule has 1 aliphatic rings. The Morgan fingerprint density at radius 2 is 1.78 bits per heavy atom. The fourth-order valence-corrected chi connectivity index (χ4v) is 1.79. The molecule has 0 N–H and O–H groups in total. The van der Waals surface area contributed by atoms with Crippen LogP contribution in [0.4, 0.5) is 0 Å². The molecule has 1 saturated carbocycles. The van der Waals surface area contributed by atoms with Crippen LogP contribution in [0.3, 0.4) is 0 Å². The number of hydrogen-bond donors (Lipinski definition) is 0. The van der Waals surface area contributed by atoms with Crippen LogP contribution in [-0.2, 0) is 0 Å². The SMILES string of the molecule is CC1(C)CCC1(C)CCl. The molecule has 54 valence electrons. The first-order valence-corrected chi connectivity index (χ1v) is 4.11. The molecule has 0 heterocycles. The summed E-state index contributed by atoms with van der Waals surface area (Å²) in [6.07, 6.45) is 2.65. The molecule has 1 aliphatic carbocycles. The first-order valence-electron chi connectivity index (χ1n) is 3.58. The van der Waals surface area contributed by atoms with Crippen LogP contribution in [0.15, 0.2) is 0 Å². The van der Waals surface area contributed by atoms with Gasteiger partial charge in [-0.15, -0.1) is 11.6 Å². The predicted octanol–water partition coefficient (Wildman–Crippen LogP) is 3.05. The van der Waals surface area contributed by atoms with Crippen molar-refractivity contribution in [1.82, 2.24) is 0 Å². The first kappa shape index (κ1) is 7.40. The molecule has 0 nitrogen and oxygen atoms in total. The Labute approximate surface area is 62.6 Å². The van der Waals surface area contributed by atoms with Crippen molar-refractivity contribution >= 4 is 11.6 Å². The van der Waals surface area contributed by atoms with Crippen LogP contribution < -0.4 is 0 Å². The van der Waals surface area contributed by atoms with Gasteiger partial charge >= 0.3 is 0 Å². The van der Waals surface area contributed by atoms with E-state index < -0.39 is 0 Å². The van der Waals surface area contributed by atoms with Crippen molar-refractivity contribution in [1.29, 1.82) is 0 Å². The highest BCUT2D eigenvalue weighted by atomic mass is 35.5. The fraction of sp³-hybridized carbons (Fsp3) is 1.00. The molecule has 1 unspecified atom stereocenters. The van der Waals surface area contributed by atoms with Crippen molar-refractivity contribution < 1.29 is 0 Å². The lowest BCUT2D eigenvalue weighted by Gasteiger charge is -2.53. The molecule has 1 fully saturated rings. The summed E-state index contributed by atoms with van der Waals surface area (Å²) in [5, 5.41) is 0. The van der Waals surface area contributed by atoms with E-state index in [-0.39, 0.29) is 0 Å². The second-order valence-electron chi connectivity index (χ2n) is 4.08. The highest BCUT2D eigenvalue weighted by Crippen LogP contribution is 2.56. The van der Waals surface area contributed by atoms with E-state index in [1.165, 1.54) is 12.8 Å². The van der Waals surface area contributed by atoms with E-state index in [1.54, 1.807) is 0 Å². The molecule has 0 radical (unpaired) electrons. The van der Waals surface area contributed by atoms with Crippen molar-refractivity contribution in [3.8, 4) is 0 Å². The van der Waals surface area contributed by atoms with Crippen molar-refractivity contribution in [3.05, 3.63) is 0 Å². The van der Waals surface area contributed by atoms with Crippen molar-refractivity contribution in [3.63, 3.8) is 0 Å². The largest absolute Gasteiger partial charge is 0.126 e. The monoisotopic (exact) mass is 146 g/mol. The Kier molecular flexibility index (Phi) is 1.55. The molecule has 0 aromatic carbocycles. The molecular weight excluding hydrogens is 132 g/mol. The number of alkyl halides is 1. The first-order chi connectivity index (χ1) is 4.02. The molecule has 0 amide bonds. The summed E-state index contributed by atoms with van der Waals surface area (Å²) in [5.74, 6) is 0.819. The molecule has 1 rings (SSSR count). The van der Waals surface area contributed by atoms with Gasteiger partial charge in [-0.25, -0.2) is 0 Å². The molecule has 0 aromatic heterocycles. The summed E-state index contributed by atoms with van der Waals surface area (Å²) in [6.45, 7) is 6.89. The lowest BCUT2D eigenvalue weighted by Crippen LogP contribution is -2.46. The summed E-state index contributed by atoms with van der Waals surface area (Å²) < 4.78 is 0. The maximum absolute atomic E-state index is 5.83. The van der Waals surface area contributed by atoms with Gasteiger partial charge in [-0.05, 0) is 23.7 Å². The van der Waals surface area contributed by atoms with Gasteiger partial charge in [0.2, 0.25) is 0 Å². The molecule has 0 spiro atoms. The topological polar surface area (TPSA) is 0 Å². The normalized spacial score (nSPS) is 40.0. The number of hydrogen-bond acceptors (Lipinski definition) is 0. The summed E-state index contributed by atoms with van der Waals surface area (Å²) in [7, 11) is 0. The van der Waals surface area contributed by atoms with E-state index in [4.69, 9.17) is 11.6 Å². The highest BCUT2D eigenvalue weighted by molar-refractivity contribution is 6.18.